The summed E-state index contributed by atoms with van der Waals surface area (Å²) in [5, 5.41) is 2.95. The van der Waals surface area contributed by atoms with E-state index in [9.17, 15) is 0 Å². The Kier molecular flexibility index (Phi) is 3.41. The second kappa shape index (κ2) is 4.17. The van der Waals surface area contributed by atoms with Crippen LogP contribution in [0.1, 0.15) is 24.5 Å². The van der Waals surface area contributed by atoms with Gasteiger partial charge in [-0.1, -0.05) is 0 Å². The Bertz CT molecular complexity index is 270. The van der Waals surface area contributed by atoms with Gasteiger partial charge in [0, 0.05) is 17.7 Å². The largest absolute Gasteiger partial charge is 0.379 e. The van der Waals surface area contributed by atoms with Crippen LogP contribution < -0.4 is 5.73 Å². The minimum atomic E-state index is -0.449. The summed E-state index contributed by atoms with van der Waals surface area (Å²) < 4.78 is 5.30. The number of aromatic nitrogens is 1. The number of hydrogen-bond acceptors (Lipinski definition) is 4. The highest BCUT2D eigenvalue weighted by Gasteiger charge is 2.24. The van der Waals surface area contributed by atoms with Crippen LogP contribution in [0.25, 0.3) is 0 Å². The zero-order valence-corrected chi connectivity index (χ0v) is 9.15. The lowest BCUT2D eigenvalue weighted by Crippen LogP contribution is -2.38. The van der Waals surface area contributed by atoms with Crippen molar-refractivity contribution in [3.8, 4) is 0 Å². The van der Waals surface area contributed by atoms with Crippen molar-refractivity contribution in [1.82, 2.24) is 4.98 Å². The van der Waals surface area contributed by atoms with Crippen LogP contribution in [0.5, 0.6) is 0 Å². The first-order valence-electron chi connectivity index (χ1n) is 4.35. The molecule has 0 fully saturated rings. The van der Waals surface area contributed by atoms with Crippen LogP contribution >= 0.6 is 11.3 Å². The van der Waals surface area contributed by atoms with Crippen LogP contribution in [0.15, 0.2) is 5.38 Å². The van der Waals surface area contributed by atoms with Crippen molar-refractivity contribution in [3.05, 3.63) is 16.1 Å². The molecule has 3 nitrogen and oxygen atoms in total. The molecule has 0 saturated carbocycles. The first-order chi connectivity index (χ1) is 6.06. The van der Waals surface area contributed by atoms with Gasteiger partial charge in [-0.05, 0) is 20.8 Å². The normalized spacial score (nSPS) is 15.7. The van der Waals surface area contributed by atoms with Crippen molar-refractivity contribution in [2.45, 2.75) is 26.3 Å². The highest BCUT2D eigenvalue weighted by molar-refractivity contribution is 7.09. The van der Waals surface area contributed by atoms with Crippen molar-refractivity contribution in [1.29, 1.82) is 0 Å². The fourth-order valence-electron chi connectivity index (χ4n) is 0.992. The van der Waals surface area contributed by atoms with Gasteiger partial charge in [0.05, 0.1) is 12.1 Å². The van der Waals surface area contributed by atoms with Crippen molar-refractivity contribution >= 4 is 11.3 Å². The van der Waals surface area contributed by atoms with Gasteiger partial charge in [-0.25, -0.2) is 4.98 Å². The summed E-state index contributed by atoms with van der Waals surface area (Å²) in [6.45, 7) is 7.09. The van der Waals surface area contributed by atoms with Crippen molar-refractivity contribution < 1.29 is 4.74 Å². The third-order valence-electron chi connectivity index (χ3n) is 1.71. The molecule has 4 heteroatoms. The second-order valence-corrected chi connectivity index (χ2v) is 4.21. The molecular weight excluding hydrogens is 184 g/mol. The van der Waals surface area contributed by atoms with Gasteiger partial charge < -0.3 is 10.5 Å². The molecule has 74 valence electrons. The van der Waals surface area contributed by atoms with E-state index in [0.717, 1.165) is 10.7 Å². The first kappa shape index (κ1) is 10.6. The highest BCUT2D eigenvalue weighted by Crippen LogP contribution is 2.21. The SMILES string of the molecule is CCOCC(C)(N)c1nc(C)cs1. The number of hydrogen-bond donors (Lipinski definition) is 1. The predicted octanol–water partition coefficient (Wildman–Crippen LogP) is 1.66. The van der Waals surface area contributed by atoms with Crippen LogP contribution in [-0.4, -0.2) is 18.2 Å². The van der Waals surface area contributed by atoms with E-state index in [-0.39, 0.29) is 0 Å². The quantitative estimate of drug-likeness (QED) is 0.804. The number of nitrogens with zero attached hydrogens (tertiary/aromatic N) is 1. The average molecular weight is 200 g/mol. The molecule has 0 radical (unpaired) electrons. The molecule has 1 atom stereocenters. The fraction of sp³-hybridized carbons (Fsp3) is 0.667. The number of ether oxygens (including phenoxy) is 1. The second-order valence-electron chi connectivity index (χ2n) is 3.35. The van der Waals surface area contributed by atoms with Gasteiger partial charge in [0.1, 0.15) is 5.01 Å². The molecule has 0 aliphatic carbocycles. The summed E-state index contributed by atoms with van der Waals surface area (Å²) in [4.78, 5) is 4.35. The molecule has 2 N–H and O–H groups in total. The van der Waals surface area contributed by atoms with Crippen molar-refractivity contribution in [2.75, 3.05) is 13.2 Å². The standard InChI is InChI=1S/C9H16N2OS/c1-4-12-6-9(3,10)8-11-7(2)5-13-8/h5H,4,6,10H2,1-3H3. The number of rotatable bonds is 4. The van der Waals surface area contributed by atoms with Crippen molar-refractivity contribution in [2.24, 2.45) is 5.73 Å². The number of nitrogens with two attached hydrogens (primary N) is 1. The molecule has 0 spiro atoms. The molecule has 0 aliphatic rings. The Morgan fingerprint density at radius 2 is 2.38 bits per heavy atom. The monoisotopic (exact) mass is 200 g/mol. The van der Waals surface area contributed by atoms with E-state index in [0.29, 0.717) is 13.2 Å². The maximum absolute atomic E-state index is 6.06. The van der Waals surface area contributed by atoms with Crippen LogP contribution in [0, 0.1) is 6.92 Å². The summed E-state index contributed by atoms with van der Waals surface area (Å²) in [5.41, 5.74) is 6.63. The van der Waals surface area contributed by atoms with Gasteiger partial charge in [-0.15, -0.1) is 11.3 Å². The molecule has 0 amide bonds. The van der Waals surface area contributed by atoms with Gasteiger partial charge in [0.15, 0.2) is 0 Å². The van der Waals surface area contributed by atoms with Crippen molar-refractivity contribution in [3.63, 3.8) is 0 Å². The van der Waals surface area contributed by atoms with Gasteiger partial charge in [-0.3, -0.25) is 0 Å². The average Bonchev–Trinajstić information content (AvgIpc) is 2.49. The van der Waals surface area contributed by atoms with Gasteiger partial charge in [-0.2, -0.15) is 0 Å². The first-order valence-corrected chi connectivity index (χ1v) is 5.23. The fourth-order valence-corrected chi connectivity index (χ4v) is 1.85. The van der Waals surface area contributed by atoms with E-state index in [2.05, 4.69) is 4.98 Å². The van der Waals surface area contributed by atoms with Crippen LogP contribution in [0.2, 0.25) is 0 Å². The Balaban J connectivity index is 2.68. The third-order valence-corrected chi connectivity index (χ3v) is 2.95. The summed E-state index contributed by atoms with van der Waals surface area (Å²) in [7, 11) is 0. The van der Waals surface area contributed by atoms with Crippen LogP contribution in [0.3, 0.4) is 0 Å². The summed E-state index contributed by atoms with van der Waals surface area (Å²) >= 11 is 1.59. The van der Waals surface area contributed by atoms with E-state index >= 15 is 0 Å². The Labute approximate surface area is 82.9 Å². The maximum Gasteiger partial charge on any atom is 0.115 e. The molecule has 1 aromatic heterocycles. The molecule has 1 heterocycles. The maximum atomic E-state index is 6.06. The third kappa shape index (κ3) is 2.76. The number of thiazole rings is 1. The molecule has 0 bridgehead atoms. The highest BCUT2D eigenvalue weighted by atomic mass is 32.1. The lowest BCUT2D eigenvalue weighted by Gasteiger charge is -2.21. The van der Waals surface area contributed by atoms with E-state index in [1.807, 2.05) is 26.2 Å². The van der Waals surface area contributed by atoms with E-state index in [4.69, 9.17) is 10.5 Å². The summed E-state index contributed by atoms with van der Waals surface area (Å²) in [6, 6.07) is 0. The van der Waals surface area contributed by atoms with E-state index in [1.165, 1.54) is 0 Å². The molecule has 1 unspecified atom stereocenters. The minimum Gasteiger partial charge on any atom is -0.379 e. The van der Waals surface area contributed by atoms with E-state index in [1.54, 1.807) is 11.3 Å². The van der Waals surface area contributed by atoms with Gasteiger partial charge in [0.2, 0.25) is 0 Å². The molecule has 0 saturated heterocycles. The topological polar surface area (TPSA) is 48.1 Å². The lowest BCUT2D eigenvalue weighted by atomic mass is 10.1. The number of aryl methyl sites for hydroxylation is 1. The minimum absolute atomic E-state index is 0.449. The molecule has 0 aliphatic heterocycles. The molecular formula is C9H16N2OS. The van der Waals surface area contributed by atoms with E-state index < -0.39 is 5.54 Å². The molecule has 1 rings (SSSR count). The smallest absolute Gasteiger partial charge is 0.115 e. The molecule has 0 aromatic carbocycles. The molecule has 1 aromatic rings. The van der Waals surface area contributed by atoms with Crippen LogP contribution in [-0.2, 0) is 10.3 Å². The zero-order valence-electron chi connectivity index (χ0n) is 8.33. The van der Waals surface area contributed by atoms with Gasteiger partial charge in [0.25, 0.3) is 0 Å². The Hall–Kier alpha value is -0.450. The molecule has 13 heavy (non-hydrogen) atoms. The summed E-state index contributed by atoms with van der Waals surface area (Å²) in [5.74, 6) is 0. The zero-order chi connectivity index (χ0) is 9.90. The Morgan fingerprint density at radius 3 is 2.85 bits per heavy atom. The summed E-state index contributed by atoms with van der Waals surface area (Å²) in [6.07, 6.45) is 0. The van der Waals surface area contributed by atoms with Crippen LogP contribution in [0.4, 0.5) is 0 Å². The van der Waals surface area contributed by atoms with Gasteiger partial charge >= 0.3 is 0 Å². The Morgan fingerprint density at radius 1 is 1.69 bits per heavy atom. The predicted molar refractivity (Wildman–Crippen MR) is 54.9 cm³/mol. The lowest BCUT2D eigenvalue weighted by molar-refractivity contribution is 0.101.